The van der Waals surface area contributed by atoms with Gasteiger partial charge in [0.25, 0.3) is 0 Å². The monoisotopic (exact) mass is 360 g/mol. The molecule has 1 saturated heterocycles. The smallest absolute Gasteiger partial charge is 0.235 e. The van der Waals surface area contributed by atoms with E-state index < -0.39 is 0 Å². The Bertz CT molecular complexity index is 693. The third-order valence-corrected chi connectivity index (χ3v) is 5.32. The van der Waals surface area contributed by atoms with Gasteiger partial charge < -0.3 is 9.64 Å². The summed E-state index contributed by atoms with van der Waals surface area (Å²) in [5.41, 5.74) is 0.937. The number of hydrogen-bond donors (Lipinski definition) is 1. The number of aromatic amines is 1. The number of amides is 1. The Morgan fingerprint density at radius 2 is 1.88 bits per heavy atom. The highest BCUT2D eigenvalue weighted by molar-refractivity contribution is 8.00. The van der Waals surface area contributed by atoms with Gasteiger partial charge in [-0.05, 0) is 44.0 Å². The summed E-state index contributed by atoms with van der Waals surface area (Å²) < 4.78 is 5.16. The molecule has 134 valence electrons. The maximum absolute atomic E-state index is 12.6. The molecule has 2 heterocycles. The number of likely N-dealkylation sites (tertiary alicyclic amines) is 1. The van der Waals surface area contributed by atoms with E-state index in [-0.39, 0.29) is 11.2 Å². The molecule has 1 amide bonds. The van der Waals surface area contributed by atoms with Gasteiger partial charge in [0.05, 0.1) is 12.4 Å². The maximum atomic E-state index is 12.6. The number of thioether (sulfide) groups is 1. The van der Waals surface area contributed by atoms with Gasteiger partial charge in [0.2, 0.25) is 11.1 Å². The zero-order valence-electron chi connectivity index (χ0n) is 14.7. The minimum atomic E-state index is -0.183. The second-order valence-corrected chi connectivity index (χ2v) is 7.50. The molecule has 0 spiro atoms. The Morgan fingerprint density at radius 1 is 1.20 bits per heavy atom. The second-order valence-electron chi connectivity index (χ2n) is 6.19. The topological polar surface area (TPSA) is 71.1 Å². The molecule has 1 N–H and O–H groups in total. The first-order valence-corrected chi connectivity index (χ1v) is 9.57. The van der Waals surface area contributed by atoms with Gasteiger partial charge in [0.1, 0.15) is 5.75 Å². The number of nitrogens with one attached hydrogen (secondary N) is 1. The molecule has 6 nitrogen and oxygen atoms in total. The van der Waals surface area contributed by atoms with Crippen LogP contribution in [0.25, 0.3) is 11.4 Å². The highest BCUT2D eigenvalue weighted by atomic mass is 32.2. The van der Waals surface area contributed by atoms with Crippen LogP contribution in [0.3, 0.4) is 0 Å². The van der Waals surface area contributed by atoms with Crippen LogP contribution in [0, 0.1) is 0 Å². The van der Waals surface area contributed by atoms with Crippen molar-refractivity contribution in [2.75, 3.05) is 20.2 Å². The molecule has 3 rings (SSSR count). The minimum absolute atomic E-state index is 0.183. The van der Waals surface area contributed by atoms with E-state index in [4.69, 9.17) is 4.74 Å². The van der Waals surface area contributed by atoms with Crippen molar-refractivity contribution in [1.82, 2.24) is 20.1 Å². The van der Waals surface area contributed by atoms with E-state index >= 15 is 0 Å². The van der Waals surface area contributed by atoms with Crippen LogP contribution in [-0.4, -0.2) is 51.4 Å². The Kier molecular flexibility index (Phi) is 5.96. The predicted molar refractivity (Wildman–Crippen MR) is 98.7 cm³/mol. The van der Waals surface area contributed by atoms with E-state index in [9.17, 15) is 4.79 Å². The molecule has 0 unspecified atom stereocenters. The molecule has 0 bridgehead atoms. The van der Waals surface area contributed by atoms with Crippen LogP contribution >= 0.6 is 11.8 Å². The zero-order chi connectivity index (χ0) is 17.6. The second kappa shape index (κ2) is 8.38. The number of aromatic nitrogens is 3. The van der Waals surface area contributed by atoms with Gasteiger partial charge >= 0.3 is 0 Å². The number of methoxy groups -OCH3 is 1. The van der Waals surface area contributed by atoms with Crippen molar-refractivity contribution in [3.05, 3.63) is 24.3 Å². The molecule has 7 heteroatoms. The van der Waals surface area contributed by atoms with Crippen molar-refractivity contribution < 1.29 is 9.53 Å². The summed E-state index contributed by atoms with van der Waals surface area (Å²) in [6.07, 6.45) is 4.64. The van der Waals surface area contributed by atoms with Gasteiger partial charge in [-0.25, -0.2) is 4.98 Å². The lowest BCUT2D eigenvalue weighted by atomic mass is 10.2. The molecule has 0 radical (unpaired) electrons. The molecule has 1 aromatic carbocycles. The summed E-state index contributed by atoms with van der Waals surface area (Å²) in [4.78, 5) is 19.1. The molecule has 0 saturated carbocycles. The molecular weight excluding hydrogens is 336 g/mol. The lowest BCUT2D eigenvalue weighted by molar-refractivity contribution is -0.130. The van der Waals surface area contributed by atoms with E-state index in [1.54, 1.807) is 7.11 Å². The third-order valence-electron chi connectivity index (χ3n) is 4.38. The van der Waals surface area contributed by atoms with Crippen molar-refractivity contribution in [2.24, 2.45) is 0 Å². The van der Waals surface area contributed by atoms with Crippen LogP contribution in [0.5, 0.6) is 5.75 Å². The number of rotatable bonds is 5. The number of hydrogen-bond acceptors (Lipinski definition) is 5. The number of ether oxygens (including phenoxy) is 1. The Labute approximate surface area is 152 Å². The third kappa shape index (κ3) is 4.54. The standard InChI is InChI=1S/C18H24N4O2S/c1-13(17(23)22-11-5-3-4-6-12-22)25-18-19-16(20-21-18)14-7-9-15(24-2)10-8-14/h7-10,13H,3-6,11-12H2,1-2H3,(H,19,20,21)/t13-/m0/s1. The number of H-pyrrole nitrogens is 1. The van der Waals surface area contributed by atoms with Gasteiger partial charge in [0.15, 0.2) is 5.82 Å². The van der Waals surface area contributed by atoms with Gasteiger partial charge in [-0.2, -0.15) is 0 Å². The first-order valence-electron chi connectivity index (χ1n) is 8.69. The summed E-state index contributed by atoms with van der Waals surface area (Å²) in [7, 11) is 1.64. The van der Waals surface area contributed by atoms with Crippen molar-refractivity contribution >= 4 is 17.7 Å². The molecule has 1 atom stereocenters. The molecule has 25 heavy (non-hydrogen) atoms. The molecule has 2 aromatic rings. The van der Waals surface area contributed by atoms with Crippen molar-refractivity contribution in [3.8, 4) is 17.1 Å². The Balaban J connectivity index is 1.62. The van der Waals surface area contributed by atoms with Crippen molar-refractivity contribution in [1.29, 1.82) is 0 Å². The molecule has 1 aliphatic heterocycles. The van der Waals surface area contributed by atoms with Crippen LogP contribution in [0.1, 0.15) is 32.6 Å². The number of carbonyl (C=O) groups excluding carboxylic acids is 1. The molecule has 1 aliphatic rings. The number of carbonyl (C=O) groups is 1. The summed E-state index contributed by atoms with van der Waals surface area (Å²) in [5, 5.41) is 7.61. The number of benzene rings is 1. The predicted octanol–water partition coefficient (Wildman–Crippen LogP) is 3.36. The van der Waals surface area contributed by atoms with Crippen molar-refractivity contribution in [2.45, 2.75) is 43.0 Å². The molecule has 1 aromatic heterocycles. The maximum Gasteiger partial charge on any atom is 0.235 e. The van der Waals surface area contributed by atoms with E-state index in [2.05, 4.69) is 15.2 Å². The Morgan fingerprint density at radius 3 is 2.52 bits per heavy atom. The normalized spacial score (nSPS) is 16.3. The fourth-order valence-electron chi connectivity index (χ4n) is 2.93. The lowest BCUT2D eigenvalue weighted by Crippen LogP contribution is -2.37. The lowest BCUT2D eigenvalue weighted by Gasteiger charge is -2.23. The first kappa shape index (κ1) is 17.8. The summed E-state index contributed by atoms with van der Waals surface area (Å²) in [6.45, 7) is 3.67. The summed E-state index contributed by atoms with van der Waals surface area (Å²) >= 11 is 1.41. The largest absolute Gasteiger partial charge is 0.497 e. The van der Waals surface area contributed by atoms with Gasteiger partial charge in [-0.1, -0.05) is 24.6 Å². The van der Waals surface area contributed by atoms with Crippen LogP contribution in [0.2, 0.25) is 0 Å². The van der Waals surface area contributed by atoms with E-state index in [0.29, 0.717) is 11.0 Å². The van der Waals surface area contributed by atoms with E-state index in [1.165, 1.54) is 24.6 Å². The average Bonchev–Trinajstić information content (AvgIpc) is 2.93. The zero-order valence-corrected chi connectivity index (χ0v) is 15.5. The van der Waals surface area contributed by atoms with Gasteiger partial charge in [-0.3, -0.25) is 9.89 Å². The Hall–Kier alpha value is -2.02. The SMILES string of the molecule is COc1ccc(-c2nc(S[C@@H](C)C(=O)N3CCCCCC3)n[nH]2)cc1. The quantitative estimate of drug-likeness (QED) is 0.828. The van der Waals surface area contributed by atoms with E-state index in [1.807, 2.05) is 36.1 Å². The fraction of sp³-hybridized carbons (Fsp3) is 0.500. The summed E-state index contributed by atoms with van der Waals surface area (Å²) in [5.74, 6) is 1.68. The minimum Gasteiger partial charge on any atom is -0.497 e. The highest BCUT2D eigenvalue weighted by Gasteiger charge is 2.23. The number of nitrogens with zero attached hydrogens (tertiary/aromatic N) is 3. The van der Waals surface area contributed by atoms with E-state index in [0.717, 1.165) is 37.2 Å². The highest BCUT2D eigenvalue weighted by Crippen LogP contribution is 2.25. The van der Waals surface area contributed by atoms with Crippen LogP contribution in [-0.2, 0) is 4.79 Å². The first-order chi connectivity index (χ1) is 12.2. The van der Waals surface area contributed by atoms with Crippen LogP contribution < -0.4 is 4.74 Å². The van der Waals surface area contributed by atoms with Gasteiger partial charge in [0, 0.05) is 18.7 Å². The average molecular weight is 360 g/mol. The molecular formula is C18H24N4O2S. The molecule has 0 aliphatic carbocycles. The molecule has 1 fully saturated rings. The van der Waals surface area contributed by atoms with Crippen LogP contribution in [0.15, 0.2) is 29.4 Å². The fourth-order valence-corrected chi connectivity index (χ4v) is 3.74. The van der Waals surface area contributed by atoms with Gasteiger partial charge in [-0.15, -0.1) is 5.10 Å². The summed E-state index contributed by atoms with van der Waals surface area (Å²) in [6, 6.07) is 7.63. The van der Waals surface area contributed by atoms with Crippen LogP contribution in [0.4, 0.5) is 0 Å². The van der Waals surface area contributed by atoms with Crippen molar-refractivity contribution in [3.63, 3.8) is 0 Å².